The van der Waals surface area contributed by atoms with Crippen molar-refractivity contribution in [2.24, 2.45) is 0 Å². The molecule has 0 aliphatic heterocycles. The van der Waals surface area contributed by atoms with Gasteiger partial charge < -0.3 is 18.9 Å². The van der Waals surface area contributed by atoms with E-state index in [-0.39, 0.29) is 0 Å². The lowest BCUT2D eigenvalue weighted by atomic mass is 10.1. The van der Waals surface area contributed by atoms with Gasteiger partial charge in [0.15, 0.2) is 11.9 Å². The summed E-state index contributed by atoms with van der Waals surface area (Å²) in [6.45, 7) is 0. The number of benzene rings is 2. The SMILES string of the molecule is COC(=O)c1ccccc1OC(c1ccccc1)c1nc(OC)cc(OC)n1. The van der Waals surface area contributed by atoms with Crippen LogP contribution in [0.15, 0.2) is 60.7 Å². The van der Waals surface area contributed by atoms with Crippen LogP contribution < -0.4 is 14.2 Å². The van der Waals surface area contributed by atoms with Gasteiger partial charge in [0, 0.05) is 5.56 Å². The van der Waals surface area contributed by atoms with Crippen LogP contribution in [0.2, 0.25) is 0 Å². The van der Waals surface area contributed by atoms with Gasteiger partial charge in [-0.3, -0.25) is 0 Å². The van der Waals surface area contributed by atoms with Crippen molar-refractivity contribution in [1.82, 2.24) is 9.97 Å². The van der Waals surface area contributed by atoms with E-state index in [2.05, 4.69) is 9.97 Å². The van der Waals surface area contributed by atoms with Gasteiger partial charge in [-0.1, -0.05) is 42.5 Å². The molecule has 0 saturated heterocycles. The molecule has 7 nitrogen and oxygen atoms in total. The molecule has 0 bridgehead atoms. The van der Waals surface area contributed by atoms with Crippen molar-refractivity contribution in [3.63, 3.8) is 0 Å². The van der Waals surface area contributed by atoms with Crippen LogP contribution in [-0.2, 0) is 4.74 Å². The Bertz CT molecular complexity index is 924. The zero-order chi connectivity index (χ0) is 19.9. The third-order valence-corrected chi connectivity index (χ3v) is 3.99. The van der Waals surface area contributed by atoms with Crippen molar-refractivity contribution in [2.45, 2.75) is 6.10 Å². The maximum Gasteiger partial charge on any atom is 0.341 e. The van der Waals surface area contributed by atoms with Gasteiger partial charge >= 0.3 is 5.97 Å². The van der Waals surface area contributed by atoms with E-state index in [1.807, 2.05) is 30.3 Å². The molecular weight excluding hydrogens is 360 g/mol. The zero-order valence-electron chi connectivity index (χ0n) is 15.8. The van der Waals surface area contributed by atoms with Crippen LogP contribution in [0.25, 0.3) is 0 Å². The predicted octanol–water partition coefficient (Wildman–Crippen LogP) is 3.45. The van der Waals surface area contributed by atoms with Crippen molar-refractivity contribution >= 4 is 5.97 Å². The summed E-state index contributed by atoms with van der Waals surface area (Å²) in [7, 11) is 4.34. The number of para-hydroxylation sites is 1. The maximum absolute atomic E-state index is 12.1. The lowest BCUT2D eigenvalue weighted by molar-refractivity contribution is 0.0593. The number of esters is 1. The minimum absolute atomic E-state index is 0.306. The average Bonchev–Trinajstić information content (AvgIpc) is 2.77. The molecule has 1 heterocycles. The third-order valence-electron chi connectivity index (χ3n) is 3.99. The normalized spacial score (nSPS) is 11.4. The molecule has 0 aliphatic carbocycles. The van der Waals surface area contributed by atoms with Gasteiger partial charge in [-0.15, -0.1) is 0 Å². The average molecular weight is 380 g/mol. The Labute approximate surface area is 162 Å². The number of hydrogen-bond donors (Lipinski definition) is 0. The van der Waals surface area contributed by atoms with E-state index in [4.69, 9.17) is 18.9 Å². The first kappa shape index (κ1) is 19.2. The van der Waals surface area contributed by atoms with E-state index in [0.29, 0.717) is 28.9 Å². The fraction of sp³-hybridized carbons (Fsp3) is 0.190. The van der Waals surface area contributed by atoms with Crippen molar-refractivity contribution in [2.75, 3.05) is 21.3 Å². The van der Waals surface area contributed by atoms with E-state index in [1.165, 1.54) is 21.3 Å². The van der Waals surface area contributed by atoms with Crippen LogP contribution in [-0.4, -0.2) is 37.3 Å². The summed E-state index contributed by atoms with van der Waals surface area (Å²) in [5.74, 6) is 0.877. The van der Waals surface area contributed by atoms with E-state index in [0.717, 1.165) is 5.56 Å². The molecule has 0 radical (unpaired) electrons. The van der Waals surface area contributed by atoms with Gasteiger partial charge in [-0.2, -0.15) is 9.97 Å². The smallest absolute Gasteiger partial charge is 0.341 e. The Morgan fingerprint density at radius 2 is 1.46 bits per heavy atom. The number of ether oxygens (including phenoxy) is 4. The molecule has 144 valence electrons. The van der Waals surface area contributed by atoms with Crippen LogP contribution in [0.4, 0.5) is 0 Å². The van der Waals surface area contributed by atoms with Crippen LogP contribution >= 0.6 is 0 Å². The first-order valence-electron chi connectivity index (χ1n) is 8.52. The fourth-order valence-electron chi connectivity index (χ4n) is 2.62. The van der Waals surface area contributed by atoms with Crippen LogP contribution in [0.3, 0.4) is 0 Å². The van der Waals surface area contributed by atoms with Crippen LogP contribution in [0.1, 0.15) is 27.8 Å². The van der Waals surface area contributed by atoms with Crippen molar-refractivity contribution < 1.29 is 23.7 Å². The molecule has 1 atom stereocenters. The first-order chi connectivity index (χ1) is 13.7. The largest absolute Gasteiger partial charge is 0.481 e. The Morgan fingerprint density at radius 3 is 2.07 bits per heavy atom. The topological polar surface area (TPSA) is 79.8 Å². The standard InChI is InChI=1S/C21H20N2O5/c1-25-17-13-18(26-2)23-20(22-17)19(14-9-5-4-6-10-14)28-16-12-8-7-11-15(16)21(24)27-3/h4-13,19H,1-3H3. The molecule has 0 saturated carbocycles. The quantitative estimate of drug-likeness (QED) is 0.581. The second-order valence-corrected chi connectivity index (χ2v) is 5.71. The highest BCUT2D eigenvalue weighted by atomic mass is 16.5. The number of carbonyl (C=O) groups is 1. The molecular formula is C21H20N2O5. The summed E-state index contributed by atoms with van der Waals surface area (Å²) in [6.07, 6.45) is -0.698. The van der Waals surface area contributed by atoms with Gasteiger partial charge in [-0.05, 0) is 12.1 Å². The lowest BCUT2D eigenvalue weighted by Gasteiger charge is -2.20. The van der Waals surface area contributed by atoms with E-state index < -0.39 is 12.1 Å². The summed E-state index contributed by atoms with van der Waals surface area (Å²) in [5, 5.41) is 0. The molecule has 0 N–H and O–H groups in total. The molecule has 2 aromatic carbocycles. The van der Waals surface area contributed by atoms with E-state index in [1.54, 1.807) is 30.3 Å². The van der Waals surface area contributed by atoms with Gasteiger partial charge in [0.1, 0.15) is 11.3 Å². The fourth-order valence-corrected chi connectivity index (χ4v) is 2.62. The molecule has 3 aromatic rings. The van der Waals surface area contributed by atoms with Gasteiger partial charge in [0.25, 0.3) is 0 Å². The Balaban J connectivity index is 2.09. The minimum Gasteiger partial charge on any atom is -0.481 e. The molecule has 0 amide bonds. The summed E-state index contributed by atoms with van der Waals surface area (Å²) >= 11 is 0. The molecule has 7 heteroatoms. The second-order valence-electron chi connectivity index (χ2n) is 5.71. The van der Waals surface area contributed by atoms with E-state index in [9.17, 15) is 4.79 Å². The number of nitrogens with zero attached hydrogens (tertiary/aromatic N) is 2. The monoisotopic (exact) mass is 380 g/mol. The second kappa shape index (κ2) is 8.85. The Hall–Kier alpha value is -3.61. The van der Waals surface area contributed by atoms with Crippen LogP contribution in [0.5, 0.6) is 17.5 Å². The summed E-state index contributed by atoms with van der Waals surface area (Å²) in [5.41, 5.74) is 1.11. The summed E-state index contributed by atoms with van der Waals surface area (Å²) < 4.78 is 21.6. The number of hydrogen-bond acceptors (Lipinski definition) is 7. The van der Waals surface area contributed by atoms with Gasteiger partial charge in [0.05, 0.1) is 27.4 Å². The minimum atomic E-state index is -0.698. The van der Waals surface area contributed by atoms with E-state index >= 15 is 0 Å². The highest BCUT2D eigenvalue weighted by molar-refractivity contribution is 5.92. The molecule has 0 aliphatic rings. The molecule has 3 rings (SSSR count). The predicted molar refractivity (Wildman–Crippen MR) is 102 cm³/mol. The maximum atomic E-state index is 12.1. The number of methoxy groups -OCH3 is 3. The first-order valence-corrected chi connectivity index (χ1v) is 8.52. The summed E-state index contributed by atoms with van der Waals surface area (Å²) in [6, 6.07) is 17.9. The highest BCUT2D eigenvalue weighted by Gasteiger charge is 2.24. The Morgan fingerprint density at radius 1 is 0.857 bits per heavy atom. The number of aromatic nitrogens is 2. The highest BCUT2D eigenvalue weighted by Crippen LogP contribution is 2.31. The third kappa shape index (κ3) is 4.20. The molecule has 0 fully saturated rings. The molecule has 0 spiro atoms. The van der Waals surface area contributed by atoms with Crippen molar-refractivity contribution in [3.05, 3.63) is 77.6 Å². The number of rotatable bonds is 7. The lowest BCUT2D eigenvalue weighted by Crippen LogP contribution is -2.16. The van der Waals surface area contributed by atoms with Crippen LogP contribution in [0, 0.1) is 0 Å². The Kier molecular flexibility index (Phi) is 6.06. The van der Waals surface area contributed by atoms with Gasteiger partial charge in [-0.25, -0.2) is 4.79 Å². The summed E-state index contributed by atoms with van der Waals surface area (Å²) in [4.78, 5) is 20.9. The zero-order valence-corrected chi connectivity index (χ0v) is 15.8. The number of carbonyl (C=O) groups excluding carboxylic acids is 1. The van der Waals surface area contributed by atoms with Gasteiger partial charge in [0.2, 0.25) is 11.8 Å². The molecule has 28 heavy (non-hydrogen) atoms. The molecule has 1 aromatic heterocycles. The van der Waals surface area contributed by atoms with Crippen molar-refractivity contribution in [1.29, 1.82) is 0 Å². The van der Waals surface area contributed by atoms with Crippen molar-refractivity contribution in [3.8, 4) is 17.5 Å². The molecule has 1 unspecified atom stereocenters.